The van der Waals surface area contributed by atoms with Crippen molar-refractivity contribution in [2.75, 3.05) is 0 Å². The van der Waals surface area contributed by atoms with Crippen LogP contribution in [0.15, 0.2) is 146 Å². The number of fused-ring (bicyclic) bond motifs is 4. The zero-order valence-corrected chi connectivity index (χ0v) is 33.0. The van der Waals surface area contributed by atoms with Crippen molar-refractivity contribution in [1.82, 2.24) is 0 Å². The van der Waals surface area contributed by atoms with E-state index in [-0.39, 0.29) is 30.2 Å². The van der Waals surface area contributed by atoms with Crippen LogP contribution < -0.4 is 24.8 Å². The Balaban J connectivity index is 0.000000188. The van der Waals surface area contributed by atoms with Crippen LogP contribution in [-0.2, 0) is 36.2 Å². The van der Waals surface area contributed by atoms with Gasteiger partial charge in [-0.15, -0.1) is 92.3 Å². The number of aryl methyl sites for hydroxylation is 2. The van der Waals surface area contributed by atoms with Gasteiger partial charge in [-0.2, -0.15) is 0 Å². The minimum atomic E-state index is 0. The van der Waals surface area contributed by atoms with Crippen molar-refractivity contribution in [2.45, 2.75) is 39.8 Å². The van der Waals surface area contributed by atoms with Gasteiger partial charge in [-0.3, -0.25) is 0 Å². The maximum Gasteiger partial charge on any atom is -1.00 e. The molecule has 4 heteroatoms. The van der Waals surface area contributed by atoms with Gasteiger partial charge in [0.2, 0.25) is 0 Å². The zero-order valence-electron chi connectivity index (χ0n) is 28.0. The normalized spacial score (nSPS) is 10.5. The zero-order chi connectivity index (χ0) is 32.0. The molecule has 0 amide bonds. The molecule has 0 nitrogen and oxygen atoms in total. The summed E-state index contributed by atoms with van der Waals surface area (Å²) in [4.78, 5) is 0. The molecule has 0 fully saturated rings. The number of benzene rings is 6. The SMILES string of the molecule is CCc1[cH-]c2ccccc2c1-c1cccc2ccccc12.CCc1[cH-]c2ccccc2c1-c1cccc2ccccc12.C[Si](C)=[Zr+2].[Cl-].[Cl-]. The molecule has 0 aliphatic carbocycles. The van der Waals surface area contributed by atoms with E-state index in [1.165, 1.54) is 76.5 Å². The minimum Gasteiger partial charge on any atom is -1.00 e. The molecule has 8 aromatic rings. The Morgan fingerprint density at radius 1 is 0.458 bits per heavy atom. The van der Waals surface area contributed by atoms with E-state index in [1.54, 1.807) is 23.3 Å². The molecule has 0 saturated carbocycles. The fraction of sp³-hybridized carbons (Fsp3) is 0.136. The minimum absolute atomic E-state index is 0. The Labute approximate surface area is 313 Å². The van der Waals surface area contributed by atoms with Crippen molar-refractivity contribution in [3.8, 4) is 22.3 Å². The van der Waals surface area contributed by atoms with Crippen LogP contribution in [0.2, 0.25) is 13.1 Å². The predicted octanol–water partition coefficient (Wildman–Crippen LogP) is 6.67. The molecule has 0 N–H and O–H groups in total. The second-order valence-electron chi connectivity index (χ2n) is 12.0. The van der Waals surface area contributed by atoms with Crippen molar-refractivity contribution in [2.24, 2.45) is 0 Å². The Kier molecular flexibility index (Phi) is 13.6. The first-order chi connectivity index (χ1) is 22.5. The van der Waals surface area contributed by atoms with Crippen LogP contribution in [0.3, 0.4) is 0 Å². The summed E-state index contributed by atoms with van der Waals surface area (Å²) in [5, 5.41) is 10.7. The van der Waals surface area contributed by atoms with Crippen LogP contribution in [0, 0.1) is 0 Å². The average molecular weight is 759 g/mol. The number of halogens is 2. The summed E-state index contributed by atoms with van der Waals surface area (Å²) >= 11 is 1.74. The molecule has 0 aromatic heterocycles. The van der Waals surface area contributed by atoms with Crippen LogP contribution >= 0.6 is 0 Å². The van der Waals surface area contributed by atoms with Crippen molar-refractivity contribution < 1.29 is 48.1 Å². The summed E-state index contributed by atoms with van der Waals surface area (Å²) < 4.78 is 0. The number of hydrogen-bond acceptors (Lipinski definition) is 0. The fourth-order valence-electron chi connectivity index (χ4n) is 6.65. The van der Waals surface area contributed by atoms with Gasteiger partial charge in [0.15, 0.2) is 0 Å². The third-order valence-corrected chi connectivity index (χ3v) is 8.64. The van der Waals surface area contributed by atoms with Crippen LogP contribution in [0.5, 0.6) is 0 Å². The first-order valence-electron chi connectivity index (χ1n) is 16.3. The second kappa shape index (κ2) is 17.4. The molecule has 0 atom stereocenters. The molecule has 0 aliphatic rings. The monoisotopic (exact) mass is 756 g/mol. The molecular weight excluding hydrogens is 719 g/mol. The van der Waals surface area contributed by atoms with E-state index in [4.69, 9.17) is 0 Å². The second-order valence-corrected chi connectivity index (χ2v) is 21.4. The summed E-state index contributed by atoms with van der Waals surface area (Å²) in [6, 6.07) is 52.6. The van der Waals surface area contributed by atoms with E-state index in [0.29, 0.717) is 0 Å². The first-order valence-corrected chi connectivity index (χ1v) is 22.5. The number of rotatable bonds is 4. The van der Waals surface area contributed by atoms with Gasteiger partial charge < -0.3 is 24.8 Å². The molecule has 0 radical (unpaired) electrons. The summed E-state index contributed by atoms with van der Waals surface area (Å²) in [6.45, 7) is 9.09. The van der Waals surface area contributed by atoms with Crippen LogP contribution in [0.4, 0.5) is 0 Å². The third kappa shape index (κ3) is 7.96. The quantitative estimate of drug-likeness (QED) is 0.139. The topological polar surface area (TPSA) is 0 Å². The van der Waals surface area contributed by atoms with E-state index in [1.807, 2.05) is 0 Å². The van der Waals surface area contributed by atoms with E-state index in [9.17, 15) is 0 Å². The van der Waals surface area contributed by atoms with Gasteiger partial charge in [0, 0.05) is 0 Å². The molecule has 48 heavy (non-hydrogen) atoms. The average Bonchev–Trinajstić information content (AvgIpc) is 3.66. The number of hydrogen-bond donors (Lipinski definition) is 0. The molecule has 0 aliphatic heterocycles. The molecule has 0 heterocycles. The van der Waals surface area contributed by atoms with Gasteiger partial charge >= 0.3 is 41.9 Å². The Hall–Kier alpha value is -3.26. The van der Waals surface area contributed by atoms with Crippen molar-refractivity contribution in [1.29, 1.82) is 0 Å². The van der Waals surface area contributed by atoms with E-state index in [0.717, 1.165) is 12.8 Å². The van der Waals surface area contributed by atoms with E-state index < -0.39 is 0 Å². The van der Waals surface area contributed by atoms with Gasteiger partial charge in [0.1, 0.15) is 0 Å². The van der Waals surface area contributed by atoms with Crippen molar-refractivity contribution in [3.63, 3.8) is 0 Å². The standard InChI is InChI=1S/2C21H17.C2H6Si.2ClH.Zr/c2*1-2-15-14-17-9-4-6-12-19(17)21(15)20-13-7-10-16-8-3-5-11-18(16)20;1-3-2;;;/h2*3-14H,2H2,1H3;1-2H3;2*1H;/q2*-1;;;;+2/p-2. The molecule has 0 bridgehead atoms. The van der Waals surface area contributed by atoms with Crippen molar-refractivity contribution >= 4 is 48.5 Å². The van der Waals surface area contributed by atoms with Gasteiger partial charge in [-0.1, -0.05) is 122 Å². The van der Waals surface area contributed by atoms with Crippen LogP contribution in [0.25, 0.3) is 65.3 Å². The Morgan fingerprint density at radius 3 is 1.15 bits per heavy atom. The predicted molar refractivity (Wildman–Crippen MR) is 201 cm³/mol. The van der Waals surface area contributed by atoms with Gasteiger partial charge in [0.25, 0.3) is 0 Å². The summed E-state index contributed by atoms with van der Waals surface area (Å²) in [6.07, 6.45) is 2.13. The van der Waals surface area contributed by atoms with E-state index in [2.05, 4.69) is 173 Å². The Morgan fingerprint density at radius 2 is 0.771 bits per heavy atom. The molecule has 8 aromatic carbocycles. The molecule has 0 saturated heterocycles. The molecule has 8 rings (SSSR count). The summed E-state index contributed by atoms with van der Waals surface area (Å²) in [5.41, 5.74) is 8.61. The third-order valence-electron chi connectivity index (χ3n) is 8.64. The van der Waals surface area contributed by atoms with Gasteiger partial charge in [0.05, 0.1) is 0 Å². The molecule has 240 valence electrons. The fourth-order valence-corrected chi connectivity index (χ4v) is 6.65. The van der Waals surface area contributed by atoms with Crippen molar-refractivity contribution in [3.05, 3.63) is 157 Å². The van der Waals surface area contributed by atoms with Crippen LogP contribution in [0.1, 0.15) is 25.0 Å². The maximum absolute atomic E-state index is 2.34. The smallest absolute Gasteiger partial charge is 1.00 e. The van der Waals surface area contributed by atoms with Crippen LogP contribution in [-0.4, -0.2) is 5.43 Å². The van der Waals surface area contributed by atoms with E-state index >= 15 is 0 Å². The Bertz CT molecular complexity index is 2120. The first kappa shape index (κ1) is 37.6. The van der Waals surface area contributed by atoms with Gasteiger partial charge in [-0.05, 0) is 34.4 Å². The summed E-state index contributed by atoms with van der Waals surface area (Å²) in [5.74, 6) is 0. The molecular formula is C44H40Cl2SiZr-2. The molecule has 0 unspecified atom stereocenters. The van der Waals surface area contributed by atoms with Gasteiger partial charge in [-0.25, -0.2) is 0 Å². The largest absolute Gasteiger partial charge is 1.00 e. The maximum atomic E-state index is 2.34. The summed E-state index contributed by atoms with van der Waals surface area (Å²) in [7, 11) is 0. The molecule has 0 spiro atoms.